The van der Waals surface area contributed by atoms with Gasteiger partial charge in [-0.3, -0.25) is 4.68 Å². The Morgan fingerprint density at radius 2 is 2.13 bits per heavy atom. The van der Waals surface area contributed by atoms with Crippen molar-refractivity contribution in [2.75, 3.05) is 11.5 Å². The zero-order valence-electron chi connectivity index (χ0n) is 8.26. The van der Waals surface area contributed by atoms with Crippen LogP contribution in [-0.2, 0) is 16.4 Å². The average molecular weight is 293 g/mol. The first-order chi connectivity index (χ1) is 7.05. The van der Waals surface area contributed by atoms with E-state index in [2.05, 4.69) is 21.0 Å². The molecule has 0 unspecified atom stereocenters. The van der Waals surface area contributed by atoms with E-state index in [1.54, 1.807) is 0 Å². The molecule has 1 saturated heterocycles. The zero-order chi connectivity index (χ0) is 10.9. The lowest BCUT2D eigenvalue weighted by Crippen LogP contribution is -2.26. The molecular weight excluding hydrogens is 280 g/mol. The molecule has 2 heterocycles. The lowest BCUT2D eigenvalue weighted by Gasteiger charge is -2.21. The van der Waals surface area contributed by atoms with Crippen molar-refractivity contribution in [1.82, 2.24) is 9.78 Å². The van der Waals surface area contributed by atoms with Crippen molar-refractivity contribution in [2.24, 2.45) is 5.92 Å². The smallest absolute Gasteiger partial charge is 0.150 e. The van der Waals surface area contributed by atoms with E-state index >= 15 is 0 Å². The highest BCUT2D eigenvalue weighted by Crippen LogP contribution is 2.20. The van der Waals surface area contributed by atoms with Crippen LogP contribution in [0.5, 0.6) is 0 Å². The van der Waals surface area contributed by atoms with Gasteiger partial charge in [-0.25, -0.2) is 8.42 Å². The van der Waals surface area contributed by atoms with Gasteiger partial charge in [-0.15, -0.1) is 0 Å². The second-order valence-electron chi connectivity index (χ2n) is 3.96. The third-order valence-electron chi connectivity index (χ3n) is 2.73. The van der Waals surface area contributed by atoms with Crippen LogP contribution in [-0.4, -0.2) is 29.7 Å². The second-order valence-corrected chi connectivity index (χ2v) is 7.07. The number of aromatic nitrogens is 2. The van der Waals surface area contributed by atoms with E-state index in [0.717, 1.165) is 24.0 Å². The SMILES string of the molecule is O=S1(=O)CCC(Cn2ccc(Br)n2)CC1. The maximum absolute atomic E-state index is 11.2. The van der Waals surface area contributed by atoms with Gasteiger partial charge >= 0.3 is 0 Å². The van der Waals surface area contributed by atoms with Gasteiger partial charge in [-0.2, -0.15) is 5.10 Å². The maximum Gasteiger partial charge on any atom is 0.150 e. The lowest BCUT2D eigenvalue weighted by molar-refractivity contribution is 0.383. The third kappa shape index (κ3) is 3.04. The fourth-order valence-electron chi connectivity index (χ4n) is 1.82. The Morgan fingerprint density at radius 1 is 1.47 bits per heavy atom. The molecule has 1 aliphatic heterocycles. The van der Waals surface area contributed by atoms with Crippen LogP contribution in [0.1, 0.15) is 12.8 Å². The summed E-state index contributed by atoms with van der Waals surface area (Å²) in [5.74, 6) is 1.11. The average Bonchev–Trinajstić information content (AvgIpc) is 2.55. The van der Waals surface area contributed by atoms with Gasteiger partial charge in [0, 0.05) is 12.7 Å². The van der Waals surface area contributed by atoms with Gasteiger partial charge in [0.15, 0.2) is 0 Å². The molecule has 0 spiro atoms. The zero-order valence-corrected chi connectivity index (χ0v) is 10.7. The fourth-order valence-corrected chi connectivity index (χ4v) is 3.74. The van der Waals surface area contributed by atoms with Crippen LogP contribution in [0, 0.1) is 5.92 Å². The summed E-state index contributed by atoms with van der Waals surface area (Å²) >= 11 is 3.29. The second kappa shape index (κ2) is 4.25. The number of nitrogens with zero attached hydrogens (tertiary/aromatic N) is 2. The van der Waals surface area contributed by atoms with Crippen LogP contribution in [0.15, 0.2) is 16.9 Å². The quantitative estimate of drug-likeness (QED) is 0.829. The molecule has 1 aromatic heterocycles. The molecular formula is C9H13BrN2O2S. The van der Waals surface area contributed by atoms with Crippen LogP contribution in [0.4, 0.5) is 0 Å². The highest BCUT2D eigenvalue weighted by Gasteiger charge is 2.23. The van der Waals surface area contributed by atoms with Crippen molar-refractivity contribution in [3.05, 3.63) is 16.9 Å². The number of hydrogen-bond donors (Lipinski definition) is 0. The van der Waals surface area contributed by atoms with Crippen LogP contribution >= 0.6 is 15.9 Å². The summed E-state index contributed by atoms with van der Waals surface area (Å²) in [6.07, 6.45) is 3.44. The molecule has 6 heteroatoms. The minimum atomic E-state index is -2.74. The van der Waals surface area contributed by atoms with E-state index in [9.17, 15) is 8.42 Å². The van der Waals surface area contributed by atoms with E-state index in [1.807, 2.05) is 16.9 Å². The molecule has 84 valence electrons. The van der Waals surface area contributed by atoms with Gasteiger partial charge in [0.05, 0.1) is 11.5 Å². The molecule has 1 aromatic rings. The van der Waals surface area contributed by atoms with Crippen LogP contribution in [0.2, 0.25) is 0 Å². The molecule has 15 heavy (non-hydrogen) atoms. The summed E-state index contributed by atoms with van der Waals surface area (Å²) in [4.78, 5) is 0. The first kappa shape index (κ1) is 11.1. The summed E-state index contributed by atoms with van der Waals surface area (Å²) in [5.41, 5.74) is 0. The fraction of sp³-hybridized carbons (Fsp3) is 0.667. The first-order valence-electron chi connectivity index (χ1n) is 4.94. The van der Waals surface area contributed by atoms with Crippen molar-refractivity contribution < 1.29 is 8.42 Å². The predicted molar refractivity (Wildman–Crippen MR) is 61.3 cm³/mol. The molecule has 0 saturated carbocycles. The normalized spacial score (nSPS) is 21.7. The Hall–Kier alpha value is -0.360. The monoisotopic (exact) mass is 292 g/mol. The Bertz CT molecular complexity index is 427. The molecule has 0 aliphatic carbocycles. The molecule has 0 bridgehead atoms. The Kier molecular flexibility index (Phi) is 3.16. The maximum atomic E-state index is 11.2. The predicted octanol–water partition coefficient (Wildman–Crippen LogP) is 1.47. The molecule has 2 rings (SSSR count). The van der Waals surface area contributed by atoms with Crippen LogP contribution < -0.4 is 0 Å². The van der Waals surface area contributed by atoms with E-state index in [-0.39, 0.29) is 0 Å². The molecule has 1 aliphatic rings. The summed E-state index contributed by atoms with van der Waals surface area (Å²) in [6, 6.07) is 1.89. The van der Waals surface area contributed by atoms with Crippen molar-refractivity contribution in [2.45, 2.75) is 19.4 Å². The first-order valence-corrected chi connectivity index (χ1v) is 7.56. The van der Waals surface area contributed by atoms with Gasteiger partial charge in [0.1, 0.15) is 14.4 Å². The highest BCUT2D eigenvalue weighted by molar-refractivity contribution is 9.10. The molecule has 0 atom stereocenters. The summed E-state index contributed by atoms with van der Waals surface area (Å²) in [7, 11) is -2.74. The van der Waals surface area contributed by atoms with Gasteiger partial charge in [0.25, 0.3) is 0 Å². The molecule has 0 radical (unpaired) electrons. The molecule has 0 aromatic carbocycles. The molecule has 1 fully saturated rings. The Balaban J connectivity index is 1.92. The summed E-state index contributed by atoms with van der Waals surface area (Å²) in [6.45, 7) is 0.821. The molecule has 4 nitrogen and oxygen atoms in total. The van der Waals surface area contributed by atoms with Crippen molar-refractivity contribution in [3.63, 3.8) is 0 Å². The van der Waals surface area contributed by atoms with Gasteiger partial charge in [-0.1, -0.05) is 0 Å². The lowest BCUT2D eigenvalue weighted by atomic mass is 10.0. The van der Waals surface area contributed by atoms with Crippen molar-refractivity contribution >= 4 is 25.8 Å². The van der Waals surface area contributed by atoms with E-state index in [1.165, 1.54) is 0 Å². The van der Waals surface area contributed by atoms with E-state index in [4.69, 9.17) is 0 Å². The minimum Gasteiger partial charge on any atom is -0.271 e. The van der Waals surface area contributed by atoms with E-state index in [0.29, 0.717) is 17.4 Å². The summed E-state index contributed by atoms with van der Waals surface area (Å²) < 4.78 is 25.1. The molecule has 0 N–H and O–H groups in total. The van der Waals surface area contributed by atoms with E-state index < -0.39 is 9.84 Å². The number of sulfone groups is 1. The summed E-state index contributed by atoms with van der Waals surface area (Å²) in [5, 5.41) is 4.23. The van der Waals surface area contributed by atoms with Gasteiger partial charge < -0.3 is 0 Å². The number of hydrogen-bond acceptors (Lipinski definition) is 3. The molecule has 0 amide bonds. The van der Waals surface area contributed by atoms with Crippen LogP contribution in [0.3, 0.4) is 0 Å². The van der Waals surface area contributed by atoms with Crippen molar-refractivity contribution in [1.29, 1.82) is 0 Å². The largest absolute Gasteiger partial charge is 0.271 e. The van der Waals surface area contributed by atoms with Crippen LogP contribution in [0.25, 0.3) is 0 Å². The Labute approximate surface area is 97.7 Å². The topological polar surface area (TPSA) is 52.0 Å². The number of rotatable bonds is 2. The third-order valence-corrected chi connectivity index (χ3v) is 4.87. The van der Waals surface area contributed by atoms with Gasteiger partial charge in [0.2, 0.25) is 0 Å². The van der Waals surface area contributed by atoms with Crippen molar-refractivity contribution in [3.8, 4) is 0 Å². The minimum absolute atomic E-state index is 0.333. The highest BCUT2D eigenvalue weighted by atomic mass is 79.9. The standard InChI is InChI=1S/C9H13BrN2O2S/c10-9-1-4-12(11-9)7-8-2-5-15(13,14)6-3-8/h1,4,8H,2-3,5-7H2. The van der Waals surface area contributed by atoms with Gasteiger partial charge in [-0.05, 0) is 40.8 Å². The Morgan fingerprint density at radius 3 is 2.67 bits per heavy atom. The number of halogens is 1.